The highest BCUT2D eigenvalue weighted by atomic mass is 19.1. The van der Waals surface area contributed by atoms with E-state index in [1.807, 2.05) is 0 Å². The SMILES string of the molecule is NC(=O)C1CC2(C[CH]C(F)CC2)C(=O)N1c1cc(F)cc(F)c1. The Hall–Kier alpha value is -2.05. The lowest BCUT2D eigenvalue weighted by atomic mass is 9.71. The van der Waals surface area contributed by atoms with Gasteiger partial charge in [0.2, 0.25) is 11.8 Å². The standard InChI is InChI=1S/C16H16F3N2O2/c17-9-1-3-16(4-2-9)8-13(14(20)22)21(15(16)23)12-6-10(18)5-11(19)7-12/h1,5-7,9,13H,2-4,8H2,(H2,20,22). The highest BCUT2D eigenvalue weighted by Gasteiger charge is 2.55. The van der Waals surface area contributed by atoms with Gasteiger partial charge in [0, 0.05) is 6.07 Å². The quantitative estimate of drug-likeness (QED) is 0.906. The van der Waals surface area contributed by atoms with E-state index >= 15 is 0 Å². The van der Waals surface area contributed by atoms with Gasteiger partial charge in [0.15, 0.2) is 0 Å². The van der Waals surface area contributed by atoms with Crippen molar-refractivity contribution in [3.05, 3.63) is 36.3 Å². The lowest BCUT2D eigenvalue weighted by Crippen LogP contribution is -2.43. The maximum absolute atomic E-state index is 13.5. The Morgan fingerprint density at radius 3 is 2.43 bits per heavy atom. The van der Waals surface area contributed by atoms with Gasteiger partial charge in [-0.15, -0.1) is 0 Å². The van der Waals surface area contributed by atoms with Gasteiger partial charge in [0.25, 0.3) is 0 Å². The summed E-state index contributed by atoms with van der Waals surface area (Å²) >= 11 is 0. The number of nitrogens with two attached hydrogens (primary N) is 1. The maximum Gasteiger partial charge on any atom is 0.240 e. The minimum atomic E-state index is -1.08. The molecule has 1 aromatic rings. The fourth-order valence-electron chi connectivity index (χ4n) is 3.52. The number of nitrogens with zero attached hydrogens (tertiary/aromatic N) is 1. The molecule has 1 radical (unpaired) electrons. The zero-order chi connectivity index (χ0) is 16.8. The summed E-state index contributed by atoms with van der Waals surface area (Å²) in [5.74, 6) is -2.89. The summed E-state index contributed by atoms with van der Waals surface area (Å²) in [5, 5.41) is 0. The van der Waals surface area contributed by atoms with Gasteiger partial charge in [-0.05, 0) is 44.2 Å². The predicted molar refractivity (Wildman–Crippen MR) is 76.9 cm³/mol. The van der Waals surface area contributed by atoms with Crippen molar-refractivity contribution in [3.63, 3.8) is 0 Å². The van der Waals surface area contributed by atoms with Crippen molar-refractivity contribution in [2.75, 3.05) is 4.90 Å². The van der Waals surface area contributed by atoms with Gasteiger partial charge in [-0.3, -0.25) is 14.5 Å². The fraction of sp³-hybridized carbons (Fsp3) is 0.438. The van der Waals surface area contributed by atoms with Crippen molar-refractivity contribution in [2.45, 2.75) is 37.9 Å². The second kappa shape index (κ2) is 5.54. The molecule has 2 fully saturated rings. The first-order valence-corrected chi connectivity index (χ1v) is 7.39. The van der Waals surface area contributed by atoms with E-state index in [9.17, 15) is 22.8 Å². The molecule has 1 saturated heterocycles. The summed E-state index contributed by atoms with van der Waals surface area (Å²) < 4.78 is 40.3. The highest BCUT2D eigenvalue weighted by Crippen LogP contribution is 2.48. The van der Waals surface area contributed by atoms with Crippen LogP contribution in [0.25, 0.3) is 0 Å². The van der Waals surface area contributed by atoms with Crippen LogP contribution in [0.15, 0.2) is 18.2 Å². The zero-order valence-electron chi connectivity index (χ0n) is 12.3. The van der Waals surface area contributed by atoms with E-state index in [4.69, 9.17) is 5.73 Å². The first kappa shape index (κ1) is 15.8. The van der Waals surface area contributed by atoms with E-state index in [1.54, 1.807) is 0 Å². The van der Waals surface area contributed by atoms with Crippen LogP contribution in [0.3, 0.4) is 0 Å². The number of alkyl halides is 1. The Bertz CT molecular complexity index is 636. The molecule has 3 unspecified atom stereocenters. The largest absolute Gasteiger partial charge is 0.368 e. The molecule has 3 atom stereocenters. The van der Waals surface area contributed by atoms with Gasteiger partial charge < -0.3 is 5.73 Å². The predicted octanol–water partition coefficient (Wildman–Crippen LogP) is 2.27. The molecule has 23 heavy (non-hydrogen) atoms. The van der Waals surface area contributed by atoms with E-state index < -0.39 is 41.1 Å². The van der Waals surface area contributed by atoms with Gasteiger partial charge >= 0.3 is 0 Å². The second-order valence-electron chi connectivity index (χ2n) is 6.20. The number of hydrogen-bond acceptors (Lipinski definition) is 2. The van der Waals surface area contributed by atoms with Crippen molar-refractivity contribution in [1.82, 2.24) is 0 Å². The molecule has 2 N–H and O–H groups in total. The molecule has 3 rings (SSSR count). The Morgan fingerprint density at radius 1 is 1.26 bits per heavy atom. The molecule has 123 valence electrons. The van der Waals surface area contributed by atoms with E-state index in [-0.39, 0.29) is 31.4 Å². The summed E-state index contributed by atoms with van der Waals surface area (Å²) in [6.45, 7) is 0. The summed E-state index contributed by atoms with van der Waals surface area (Å²) in [5.41, 5.74) is 4.41. The number of amides is 2. The van der Waals surface area contributed by atoms with Crippen molar-refractivity contribution in [1.29, 1.82) is 0 Å². The molecule has 1 aliphatic heterocycles. The molecule has 1 spiro atoms. The maximum atomic E-state index is 13.5. The van der Waals surface area contributed by atoms with Crippen LogP contribution < -0.4 is 10.6 Å². The molecule has 2 aliphatic rings. The molecule has 0 aromatic heterocycles. The van der Waals surface area contributed by atoms with E-state index in [2.05, 4.69) is 0 Å². The first-order chi connectivity index (χ1) is 10.8. The summed E-state index contributed by atoms with van der Waals surface area (Å²) in [4.78, 5) is 25.7. The number of benzene rings is 1. The van der Waals surface area contributed by atoms with Gasteiger partial charge in [0.05, 0.1) is 11.1 Å². The van der Waals surface area contributed by atoms with Crippen LogP contribution >= 0.6 is 0 Å². The first-order valence-electron chi connectivity index (χ1n) is 7.39. The van der Waals surface area contributed by atoms with Crippen molar-refractivity contribution in [2.24, 2.45) is 11.1 Å². The number of carbonyl (C=O) groups excluding carboxylic acids is 2. The number of primary amides is 1. The number of carbonyl (C=O) groups is 2. The third-order valence-electron chi connectivity index (χ3n) is 4.69. The molecular formula is C16H16F3N2O2. The Balaban J connectivity index is 2.00. The zero-order valence-corrected chi connectivity index (χ0v) is 12.3. The number of anilines is 1. The van der Waals surface area contributed by atoms with Crippen LogP contribution in [0, 0.1) is 23.5 Å². The van der Waals surface area contributed by atoms with Crippen LogP contribution in [0.5, 0.6) is 0 Å². The van der Waals surface area contributed by atoms with Crippen LogP contribution in [0.4, 0.5) is 18.9 Å². The van der Waals surface area contributed by atoms with Crippen molar-refractivity contribution in [3.8, 4) is 0 Å². The number of halogens is 3. The van der Waals surface area contributed by atoms with Crippen LogP contribution in [0.1, 0.15) is 25.7 Å². The molecule has 0 bridgehead atoms. The van der Waals surface area contributed by atoms with Gasteiger partial charge in [-0.2, -0.15) is 0 Å². The molecule has 1 heterocycles. The average molecular weight is 325 g/mol. The third-order valence-corrected chi connectivity index (χ3v) is 4.69. The summed E-state index contributed by atoms with van der Waals surface area (Å²) in [6, 6.07) is 1.66. The van der Waals surface area contributed by atoms with Gasteiger partial charge in [0.1, 0.15) is 23.8 Å². The number of hydrogen-bond donors (Lipinski definition) is 1. The van der Waals surface area contributed by atoms with Gasteiger partial charge in [-0.25, -0.2) is 13.2 Å². The highest BCUT2D eigenvalue weighted by molar-refractivity contribution is 6.06. The minimum absolute atomic E-state index is 0.0458. The molecule has 1 aromatic carbocycles. The minimum Gasteiger partial charge on any atom is -0.368 e. The van der Waals surface area contributed by atoms with E-state index in [0.29, 0.717) is 6.07 Å². The van der Waals surface area contributed by atoms with E-state index in [1.165, 1.54) is 6.42 Å². The molecule has 4 nitrogen and oxygen atoms in total. The van der Waals surface area contributed by atoms with Crippen LogP contribution in [0.2, 0.25) is 0 Å². The lowest BCUT2D eigenvalue weighted by Gasteiger charge is -2.32. The lowest BCUT2D eigenvalue weighted by molar-refractivity contribution is -0.127. The third kappa shape index (κ3) is 2.68. The van der Waals surface area contributed by atoms with Crippen LogP contribution in [-0.2, 0) is 9.59 Å². The monoisotopic (exact) mass is 325 g/mol. The van der Waals surface area contributed by atoms with Crippen molar-refractivity contribution < 1.29 is 22.8 Å². The van der Waals surface area contributed by atoms with E-state index in [0.717, 1.165) is 17.0 Å². The smallest absolute Gasteiger partial charge is 0.240 e. The summed E-state index contributed by atoms with van der Waals surface area (Å²) in [6.07, 6.45) is 1.11. The topological polar surface area (TPSA) is 63.4 Å². The molecular weight excluding hydrogens is 309 g/mol. The normalized spacial score (nSPS) is 30.9. The molecule has 1 aliphatic carbocycles. The molecule has 7 heteroatoms. The Morgan fingerprint density at radius 2 is 1.91 bits per heavy atom. The number of rotatable bonds is 2. The average Bonchev–Trinajstić information content (AvgIpc) is 2.75. The van der Waals surface area contributed by atoms with Gasteiger partial charge in [-0.1, -0.05) is 0 Å². The Labute approximate surface area is 131 Å². The van der Waals surface area contributed by atoms with Crippen LogP contribution in [-0.4, -0.2) is 24.0 Å². The fourth-order valence-corrected chi connectivity index (χ4v) is 3.52. The molecule has 1 saturated carbocycles. The Kier molecular flexibility index (Phi) is 3.82. The molecule has 2 amide bonds. The second-order valence-corrected chi connectivity index (χ2v) is 6.20. The van der Waals surface area contributed by atoms with Crippen molar-refractivity contribution >= 4 is 17.5 Å². The summed E-state index contributed by atoms with van der Waals surface area (Å²) in [7, 11) is 0.